The molecule has 1 N–H and O–H groups in total. The number of nitro benzene ring substituents is 1. The Bertz CT molecular complexity index is 890. The third-order valence-corrected chi connectivity index (χ3v) is 3.96. The summed E-state index contributed by atoms with van der Waals surface area (Å²) in [5.41, 5.74) is 0.550. The van der Waals surface area contributed by atoms with E-state index in [1.54, 1.807) is 6.07 Å². The minimum absolute atomic E-state index is 0.0694. The molecule has 0 saturated carbocycles. The van der Waals surface area contributed by atoms with Gasteiger partial charge in [0.05, 0.1) is 16.9 Å². The summed E-state index contributed by atoms with van der Waals surface area (Å²) in [5, 5.41) is 19.8. The standard InChI is InChI=1S/C17H18ClN3O7/c1-20(8-9-22)17(24)28-10-27-14-6-5-13(21(25)26)12-4-2-11(19-16(12)14)3-7-15(18)23/h2,4-6,22H,3,7-10H2,1H3. The number of aromatic nitrogens is 1. The van der Waals surface area contributed by atoms with Crippen LogP contribution in [-0.2, 0) is 16.0 Å². The predicted molar refractivity (Wildman–Crippen MR) is 99.3 cm³/mol. The summed E-state index contributed by atoms with van der Waals surface area (Å²) in [4.78, 5) is 38.8. The molecule has 0 aliphatic heterocycles. The number of rotatable bonds is 9. The van der Waals surface area contributed by atoms with Crippen LogP contribution in [-0.4, -0.2) is 58.2 Å². The molecule has 0 fully saturated rings. The van der Waals surface area contributed by atoms with Crippen molar-refractivity contribution in [3.63, 3.8) is 0 Å². The van der Waals surface area contributed by atoms with Gasteiger partial charge in [-0.05, 0) is 36.2 Å². The van der Waals surface area contributed by atoms with Crippen molar-refractivity contribution in [2.75, 3.05) is 27.0 Å². The highest BCUT2D eigenvalue weighted by atomic mass is 35.5. The van der Waals surface area contributed by atoms with Gasteiger partial charge in [-0.15, -0.1) is 0 Å². The third-order valence-electron chi connectivity index (χ3n) is 3.77. The van der Waals surface area contributed by atoms with Crippen LogP contribution in [0, 0.1) is 10.1 Å². The lowest BCUT2D eigenvalue weighted by molar-refractivity contribution is -0.383. The fourth-order valence-corrected chi connectivity index (χ4v) is 2.45. The van der Waals surface area contributed by atoms with Gasteiger partial charge in [-0.25, -0.2) is 9.78 Å². The van der Waals surface area contributed by atoms with Gasteiger partial charge in [0.15, 0.2) is 5.75 Å². The molecule has 1 aromatic carbocycles. The second-order valence-corrected chi connectivity index (χ2v) is 6.13. The van der Waals surface area contributed by atoms with Crippen molar-refractivity contribution in [3.8, 4) is 5.75 Å². The van der Waals surface area contributed by atoms with Gasteiger partial charge in [0.1, 0.15) is 5.52 Å². The van der Waals surface area contributed by atoms with Gasteiger partial charge in [0.2, 0.25) is 12.0 Å². The first-order valence-electron chi connectivity index (χ1n) is 8.20. The number of amides is 1. The number of fused-ring (bicyclic) bond motifs is 1. The number of pyridine rings is 1. The molecule has 0 aliphatic rings. The Labute approximate surface area is 164 Å². The van der Waals surface area contributed by atoms with E-state index >= 15 is 0 Å². The first kappa shape index (κ1) is 21.3. The Kier molecular flexibility index (Phi) is 7.47. The van der Waals surface area contributed by atoms with Gasteiger partial charge in [-0.1, -0.05) is 0 Å². The normalized spacial score (nSPS) is 10.5. The van der Waals surface area contributed by atoms with Gasteiger partial charge in [-0.3, -0.25) is 14.9 Å². The number of aliphatic hydroxyl groups is 1. The maximum atomic E-state index is 11.7. The number of hydrogen-bond acceptors (Lipinski definition) is 8. The van der Waals surface area contributed by atoms with Crippen LogP contribution in [0.25, 0.3) is 10.9 Å². The minimum Gasteiger partial charge on any atom is -0.455 e. The van der Waals surface area contributed by atoms with Crippen molar-refractivity contribution in [1.29, 1.82) is 0 Å². The minimum atomic E-state index is -0.699. The van der Waals surface area contributed by atoms with Crippen LogP contribution < -0.4 is 4.74 Å². The highest BCUT2D eigenvalue weighted by Gasteiger charge is 2.18. The van der Waals surface area contributed by atoms with Crippen molar-refractivity contribution < 1.29 is 29.1 Å². The summed E-state index contributed by atoms with van der Waals surface area (Å²) in [6, 6.07) is 5.71. The first-order chi connectivity index (χ1) is 13.3. The number of halogens is 1. The number of likely N-dealkylation sites (N-methyl/N-ethyl adjacent to an activating group) is 1. The van der Waals surface area contributed by atoms with E-state index in [4.69, 9.17) is 26.2 Å². The Morgan fingerprint density at radius 2 is 2.07 bits per heavy atom. The maximum Gasteiger partial charge on any atom is 0.412 e. The molecule has 0 radical (unpaired) electrons. The van der Waals surface area contributed by atoms with Gasteiger partial charge < -0.3 is 19.5 Å². The van der Waals surface area contributed by atoms with E-state index in [0.29, 0.717) is 5.69 Å². The number of ether oxygens (including phenoxy) is 2. The number of benzene rings is 1. The fraction of sp³-hybridized carbons (Fsp3) is 0.353. The summed E-state index contributed by atoms with van der Waals surface area (Å²) in [7, 11) is 1.45. The summed E-state index contributed by atoms with van der Waals surface area (Å²) in [6.45, 7) is -0.561. The van der Waals surface area contributed by atoms with Crippen molar-refractivity contribution in [2.45, 2.75) is 12.8 Å². The number of aryl methyl sites for hydroxylation is 1. The fourth-order valence-electron chi connectivity index (χ4n) is 2.35. The molecule has 1 amide bonds. The van der Waals surface area contributed by atoms with Crippen LogP contribution in [0.1, 0.15) is 12.1 Å². The van der Waals surface area contributed by atoms with Crippen molar-refractivity contribution in [2.24, 2.45) is 0 Å². The van der Waals surface area contributed by atoms with Crippen LogP contribution in [0.2, 0.25) is 0 Å². The molecule has 150 valence electrons. The number of hydrogen-bond donors (Lipinski definition) is 1. The molecule has 10 nitrogen and oxygen atoms in total. The van der Waals surface area contributed by atoms with E-state index in [0.717, 1.165) is 4.90 Å². The van der Waals surface area contributed by atoms with Crippen molar-refractivity contribution in [1.82, 2.24) is 9.88 Å². The van der Waals surface area contributed by atoms with E-state index in [2.05, 4.69) is 4.98 Å². The van der Waals surface area contributed by atoms with Crippen molar-refractivity contribution >= 4 is 39.5 Å². The summed E-state index contributed by atoms with van der Waals surface area (Å²) in [5.74, 6) is 0.178. The number of carbonyl (C=O) groups is 2. The van der Waals surface area contributed by atoms with Crippen LogP contribution >= 0.6 is 11.6 Å². The van der Waals surface area contributed by atoms with Crippen LogP contribution in [0.3, 0.4) is 0 Å². The molecular formula is C17H18ClN3O7. The summed E-state index contributed by atoms with van der Waals surface area (Å²) >= 11 is 5.34. The number of carbonyl (C=O) groups excluding carboxylic acids is 2. The lowest BCUT2D eigenvalue weighted by Crippen LogP contribution is -2.31. The maximum absolute atomic E-state index is 11.7. The zero-order valence-electron chi connectivity index (χ0n) is 15.0. The van der Waals surface area contributed by atoms with Gasteiger partial charge in [0, 0.05) is 31.8 Å². The molecule has 2 rings (SSSR count). The molecule has 0 unspecified atom stereocenters. The highest BCUT2D eigenvalue weighted by Crippen LogP contribution is 2.32. The Balaban J connectivity index is 2.24. The summed E-state index contributed by atoms with van der Waals surface area (Å²) in [6.07, 6.45) is -0.365. The number of aliphatic hydroxyl groups excluding tert-OH is 1. The van der Waals surface area contributed by atoms with E-state index < -0.39 is 23.1 Å². The van der Waals surface area contributed by atoms with Gasteiger partial charge >= 0.3 is 6.09 Å². The topological polar surface area (TPSA) is 132 Å². The summed E-state index contributed by atoms with van der Waals surface area (Å²) < 4.78 is 10.3. The van der Waals surface area contributed by atoms with Crippen LogP contribution in [0.15, 0.2) is 24.3 Å². The quantitative estimate of drug-likeness (QED) is 0.287. The third kappa shape index (κ3) is 5.51. The molecule has 0 aliphatic carbocycles. The van der Waals surface area contributed by atoms with E-state index in [1.165, 1.54) is 25.2 Å². The van der Waals surface area contributed by atoms with E-state index in [1.807, 2.05) is 0 Å². The van der Waals surface area contributed by atoms with Crippen LogP contribution in [0.5, 0.6) is 5.75 Å². The highest BCUT2D eigenvalue weighted by molar-refractivity contribution is 6.63. The number of non-ortho nitro benzene ring substituents is 1. The molecule has 2 aromatic rings. The molecule has 0 spiro atoms. The molecule has 1 aromatic heterocycles. The molecule has 1 heterocycles. The Hall–Kier alpha value is -2.98. The zero-order valence-corrected chi connectivity index (χ0v) is 15.7. The smallest absolute Gasteiger partial charge is 0.412 e. The van der Waals surface area contributed by atoms with Gasteiger partial charge in [-0.2, -0.15) is 0 Å². The molecule has 11 heteroatoms. The predicted octanol–water partition coefficient (Wildman–Crippen LogP) is 2.24. The second-order valence-electron chi connectivity index (χ2n) is 5.71. The van der Waals surface area contributed by atoms with E-state index in [9.17, 15) is 19.7 Å². The lowest BCUT2D eigenvalue weighted by Gasteiger charge is -2.16. The van der Waals surface area contributed by atoms with Crippen molar-refractivity contribution in [3.05, 3.63) is 40.1 Å². The Morgan fingerprint density at radius 3 is 2.71 bits per heavy atom. The first-order valence-corrected chi connectivity index (χ1v) is 8.58. The molecule has 28 heavy (non-hydrogen) atoms. The SMILES string of the molecule is CN(CCO)C(=O)OCOc1ccc([N+](=O)[O-])c2ccc(CCC(=O)Cl)nc12. The molecule has 0 atom stereocenters. The largest absolute Gasteiger partial charge is 0.455 e. The molecular weight excluding hydrogens is 394 g/mol. The second kappa shape index (κ2) is 9.81. The lowest BCUT2D eigenvalue weighted by atomic mass is 10.1. The molecule has 0 saturated heterocycles. The Morgan fingerprint density at radius 1 is 1.32 bits per heavy atom. The average Bonchev–Trinajstić information content (AvgIpc) is 2.66. The number of nitro groups is 1. The zero-order chi connectivity index (χ0) is 20.7. The molecule has 0 bridgehead atoms. The monoisotopic (exact) mass is 411 g/mol. The average molecular weight is 412 g/mol. The van der Waals surface area contributed by atoms with E-state index in [-0.39, 0.29) is 48.3 Å². The van der Waals surface area contributed by atoms with Crippen LogP contribution in [0.4, 0.5) is 10.5 Å². The number of nitrogens with zero attached hydrogens (tertiary/aromatic N) is 3. The van der Waals surface area contributed by atoms with Gasteiger partial charge in [0.25, 0.3) is 5.69 Å².